The minimum Gasteiger partial charge on any atom is -0.324 e. The highest BCUT2D eigenvalue weighted by molar-refractivity contribution is 6.03. The lowest BCUT2D eigenvalue weighted by Crippen LogP contribution is -2.15. The van der Waals surface area contributed by atoms with Gasteiger partial charge in [0.1, 0.15) is 11.5 Å². The fraction of sp³-hybridized carbons (Fsp3) is 0.190. The van der Waals surface area contributed by atoms with E-state index in [4.69, 9.17) is 0 Å². The Labute approximate surface area is 157 Å². The van der Waals surface area contributed by atoms with Crippen molar-refractivity contribution in [2.45, 2.75) is 27.7 Å². The number of benzene rings is 2. The maximum absolute atomic E-state index is 13.0. The van der Waals surface area contributed by atoms with Crippen molar-refractivity contribution in [1.82, 2.24) is 9.97 Å². The van der Waals surface area contributed by atoms with Crippen molar-refractivity contribution >= 4 is 23.2 Å². The molecule has 0 aliphatic rings. The molecular formula is C21H21FN4O. The molecule has 3 aromatic rings. The van der Waals surface area contributed by atoms with Gasteiger partial charge in [-0.3, -0.25) is 4.79 Å². The number of nitrogens with one attached hydrogen (secondary N) is 2. The molecule has 0 aliphatic carbocycles. The molecule has 1 aromatic heterocycles. The van der Waals surface area contributed by atoms with Crippen LogP contribution in [-0.4, -0.2) is 15.9 Å². The third-order valence-corrected chi connectivity index (χ3v) is 4.10. The highest BCUT2D eigenvalue weighted by Crippen LogP contribution is 2.24. The normalized spacial score (nSPS) is 10.6. The molecule has 0 saturated carbocycles. The van der Waals surface area contributed by atoms with Crippen molar-refractivity contribution in [3.05, 3.63) is 76.4 Å². The lowest BCUT2D eigenvalue weighted by atomic mass is 10.1. The van der Waals surface area contributed by atoms with Crippen LogP contribution in [0, 0.1) is 33.5 Å². The molecule has 0 radical (unpaired) electrons. The van der Waals surface area contributed by atoms with Crippen molar-refractivity contribution in [1.29, 1.82) is 0 Å². The van der Waals surface area contributed by atoms with Crippen molar-refractivity contribution in [3.63, 3.8) is 0 Å². The summed E-state index contributed by atoms with van der Waals surface area (Å²) >= 11 is 0. The quantitative estimate of drug-likeness (QED) is 0.695. The number of halogens is 1. The molecule has 0 spiro atoms. The van der Waals surface area contributed by atoms with E-state index in [-0.39, 0.29) is 17.4 Å². The van der Waals surface area contributed by atoms with Gasteiger partial charge >= 0.3 is 0 Å². The standard InChI is InChI=1S/C21H21FN4O/c1-12-9-13(2)19(14(3)10-12)26-21-23-15(4)11-18(25-21)20(27)24-17-7-5-16(22)6-8-17/h5-11H,1-4H3,(H,24,27)(H,23,25,26). The van der Waals surface area contributed by atoms with Gasteiger partial charge in [-0.25, -0.2) is 14.4 Å². The number of hydrogen-bond donors (Lipinski definition) is 2. The number of amides is 1. The summed E-state index contributed by atoms with van der Waals surface area (Å²) in [6.07, 6.45) is 0. The Morgan fingerprint density at radius 1 is 0.926 bits per heavy atom. The van der Waals surface area contributed by atoms with Crippen LogP contribution in [-0.2, 0) is 0 Å². The monoisotopic (exact) mass is 364 g/mol. The van der Waals surface area contributed by atoms with Gasteiger partial charge < -0.3 is 10.6 Å². The predicted octanol–water partition coefficient (Wildman–Crippen LogP) is 4.85. The van der Waals surface area contributed by atoms with Crippen LogP contribution in [0.2, 0.25) is 0 Å². The van der Waals surface area contributed by atoms with Crippen LogP contribution in [0.1, 0.15) is 32.9 Å². The van der Waals surface area contributed by atoms with Crippen LogP contribution >= 0.6 is 0 Å². The van der Waals surface area contributed by atoms with E-state index >= 15 is 0 Å². The fourth-order valence-electron chi connectivity index (χ4n) is 2.96. The number of carbonyl (C=O) groups excluding carboxylic acids is 1. The predicted molar refractivity (Wildman–Crippen MR) is 105 cm³/mol. The SMILES string of the molecule is Cc1cc(C)c(Nc2nc(C)cc(C(=O)Nc3ccc(F)cc3)n2)c(C)c1. The summed E-state index contributed by atoms with van der Waals surface area (Å²) in [5, 5.41) is 5.93. The smallest absolute Gasteiger partial charge is 0.274 e. The Morgan fingerprint density at radius 3 is 2.19 bits per heavy atom. The zero-order valence-corrected chi connectivity index (χ0v) is 15.7. The summed E-state index contributed by atoms with van der Waals surface area (Å²) in [7, 11) is 0. The second-order valence-electron chi connectivity index (χ2n) is 6.58. The molecule has 3 rings (SSSR count). The molecule has 0 saturated heterocycles. The third-order valence-electron chi connectivity index (χ3n) is 4.10. The van der Waals surface area contributed by atoms with Crippen LogP contribution in [0.5, 0.6) is 0 Å². The van der Waals surface area contributed by atoms with Crippen LogP contribution in [0.15, 0.2) is 42.5 Å². The van der Waals surface area contributed by atoms with Crippen molar-refractivity contribution in [3.8, 4) is 0 Å². The lowest BCUT2D eigenvalue weighted by molar-refractivity contribution is 0.102. The average molecular weight is 364 g/mol. The molecular weight excluding hydrogens is 343 g/mol. The second-order valence-corrected chi connectivity index (χ2v) is 6.58. The first-order valence-corrected chi connectivity index (χ1v) is 8.59. The van der Waals surface area contributed by atoms with Gasteiger partial charge in [-0.1, -0.05) is 17.7 Å². The van der Waals surface area contributed by atoms with Crippen LogP contribution in [0.4, 0.5) is 21.7 Å². The van der Waals surface area contributed by atoms with Gasteiger partial charge in [0.05, 0.1) is 0 Å². The molecule has 1 heterocycles. The molecule has 0 fully saturated rings. The topological polar surface area (TPSA) is 66.9 Å². The Kier molecular flexibility index (Phi) is 5.16. The van der Waals surface area contributed by atoms with E-state index in [0.29, 0.717) is 17.3 Å². The number of anilines is 3. The van der Waals surface area contributed by atoms with E-state index in [0.717, 1.165) is 16.8 Å². The number of aryl methyl sites for hydroxylation is 4. The van der Waals surface area contributed by atoms with E-state index < -0.39 is 0 Å². The van der Waals surface area contributed by atoms with Gasteiger partial charge in [0.15, 0.2) is 0 Å². The summed E-state index contributed by atoms with van der Waals surface area (Å²) in [5.41, 5.74) is 5.66. The number of hydrogen-bond acceptors (Lipinski definition) is 4. The van der Waals surface area contributed by atoms with Gasteiger partial charge in [0.25, 0.3) is 5.91 Å². The first kappa shape index (κ1) is 18.5. The zero-order chi connectivity index (χ0) is 19.6. The number of aromatic nitrogens is 2. The Morgan fingerprint density at radius 2 is 1.56 bits per heavy atom. The largest absolute Gasteiger partial charge is 0.324 e. The average Bonchev–Trinajstić information content (AvgIpc) is 2.59. The first-order chi connectivity index (χ1) is 12.8. The van der Waals surface area contributed by atoms with Gasteiger partial charge in [-0.05, 0) is 69.2 Å². The molecule has 138 valence electrons. The highest BCUT2D eigenvalue weighted by Gasteiger charge is 2.13. The Balaban J connectivity index is 1.86. The summed E-state index contributed by atoms with van der Waals surface area (Å²) in [6, 6.07) is 11.3. The van der Waals surface area contributed by atoms with Crippen molar-refractivity contribution in [2.75, 3.05) is 10.6 Å². The molecule has 1 amide bonds. The van der Waals surface area contributed by atoms with E-state index in [1.807, 2.05) is 20.8 Å². The summed E-state index contributed by atoms with van der Waals surface area (Å²) < 4.78 is 13.0. The van der Waals surface area contributed by atoms with E-state index in [1.165, 1.54) is 29.8 Å². The number of rotatable bonds is 4. The van der Waals surface area contributed by atoms with Gasteiger partial charge in [0, 0.05) is 17.1 Å². The molecule has 0 aliphatic heterocycles. The highest BCUT2D eigenvalue weighted by atomic mass is 19.1. The van der Waals surface area contributed by atoms with Crippen LogP contribution in [0.3, 0.4) is 0 Å². The molecule has 0 bridgehead atoms. The third kappa shape index (κ3) is 4.47. The zero-order valence-electron chi connectivity index (χ0n) is 15.7. The Hall–Kier alpha value is -3.28. The molecule has 0 atom stereocenters. The van der Waals surface area contributed by atoms with Crippen molar-refractivity contribution in [2.24, 2.45) is 0 Å². The fourth-order valence-corrected chi connectivity index (χ4v) is 2.96. The molecule has 2 aromatic carbocycles. The van der Waals surface area contributed by atoms with Crippen molar-refractivity contribution < 1.29 is 9.18 Å². The molecule has 0 unspecified atom stereocenters. The number of carbonyl (C=O) groups is 1. The Bertz CT molecular complexity index is 977. The molecule has 6 heteroatoms. The minimum absolute atomic E-state index is 0.233. The second kappa shape index (κ2) is 7.53. The maximum Gasteiger partial charge on any atom is 0.274 e. The molecule has 5 nitrogen and oxygen atoms in total. The lowest BCUT2D eigenvalue weighted by Gasteiger charge is -2.14. The van der Waals surface area contributed by atoms with E-state index in [2.05, 4.69) is 32.7 Å². The van der Waals surface area contributed by atoms with Gasteiger partial charge in [0.2, 0.25) is 5.95 Å². The number of nitrogens with zero attached hydrogens (tertiary/aromatic N) is 2. The molecule has 2 N–H and O–H groups in total. The summed E-state index contributed by atoms with van der Waals surface area (Å²) in [4.78, 5) is 21.2. The van der Waals surface area contributed by atoms with E-state index in [1.54, 1.807) is 13.0 Å². The van der Waals surface area contributed by atoms with E-state index in [9.17, 15) is 9.18 Å². The molecule has 27 heavy (non-hydrogen) atoms. The van der Waals surface area contributed by atoms with Gasteiger partial charge in [-0.2, -0.15) is 0 Å². The van der Waals surface area contributed by atoms with Gasteiger partial charge in [-0.15, -0.1) is 0 Å². The summed E-state index contributed by atoms with van der Waals surface area (Å²) in [5.74, 6) is -0.386. The first-order valence-electron chi connectivity index (χ1n) is 8.59. The minimum atomic E-state index is -0.382. The van der Waals surface area contributed by atoms with Crippen LogP contribution < -0.4 is 10.6 Å². The van der Waals surface area contributed by atoms with Crippen LogP contribution in [0.25, 0.3) is 0 Å². The summed E-state index contributed by atoms with van der Waals surface area (Å²) in [6.45, 7) is 7.88. The maximum atomic E-state index is 13.0.